The summed E-state index contributed by atoms with van der Waals surface area (Å²) >= 11 is 0. The number of benzene rings is 8. The number of para-hydroxylation sites is 4. The third kappa shape index (κ3) is 9.43. The molecule has 0 amide bonds. The number of nitrogens with zero attached hydrogens (tertiary/aromatic N) is 12. The molecule has 0 atom stereocenters. The second-order valence-corrected chi connectivity index (χ2v) is 20.9. The zero-order chi connectivity index (χ0) is 58.1. The monoisotopic (exact) mass is 1520 g/mol. The van der Waals surface area contributed by atoms with Gasteiger partial charge in [-0.2, -0.15) is 34.5 Å². The Morgan fingerprint density at radius 1 is 0.289 bits per heavy atom. The van der Waals surface area contributed by atoms with Gasteiger partial charge in [0.1, 0.15) is 28.9 Å². The van der Waals surface area contributed by atoms with Gasteiger partial charge in [0.25, 0.3) is 0 Å². The minimum Gasteiger partial charge on any atom is -0.509 e. The normalized spacial score (nSPS) is 11.4. The quantitative estimate of drug-likeness (QED) is 0.124. The molecule has 0 unspecified atom stereocenters. The van der Waals surface area contributed by atoms with Crippen molar-refractivity contribution in [3.8, 4) is 57.6 Å². The molecule has 18 aromatic rings. The van der Waals surface area contributed by atoms with Gasteiger partial charge < -0.3 is 18.6 Å². The summed E-state index contributed by atoms with van der Waals surface area (Å²) in [7, 11) is 0. The molecule has 432 valence electrons. The molecule has 0 N–H and O–H groups in total. The van der Waals surface area contributed by atoms with Gasteiger partial charge in [-0.1, -0.05) is 96.0 Å². The van der Waals surface area contributed by atoms with Crippen molar-refractivity contribution >= 4 is 87.4 Å². The Balaban J connectivity index is 0.000000147. The van der Waals surface area contributed by atoms with Gasteiger partial charge in [0.05, 0.1) is 35.1 Å². The zero-order valence-electron chi connectivity index (χ0n) is 47.2. The first kappa shape index (κ1) is 55.5. The van der Waals surface area contributed by atoms with Crippen LogP contribution in [0, 0.1) is 24.3 Å². The van der Waals surface area contributed by atoms with Crippen molar-refractivity contribution in [3.63, 3.8) is 0 Å². The van der Waals surface area contributed by atoms with Crippen molar-refractivity contribution in [2.45, 2.75) is 0 Å². The third-order valence-corrected chi connectivity index (χ3v) is 15.9. The molecule has 0 aliphatic heterocycles. The second-order valence-electron chi connectivity index (χ2n) is 20.9. The number of hydrogen-bond donors (Lipinski definition) is 0. The molecule has 8 aromatic carbocycles. The van der Waals surface area contributed by atoms with E-state index >= 15 is 0 Å². The summed E-state index contributed by atoms with van der Waals surface area (Å²) < 4.78 is 25.0. The predicted molar refractivity (Wildman–Crippen MR) is 344 cm³/mol. The van der Waals surface area contributed by atoms with Crippen molar-refractivity contribution < 1.29 is 51.6 Å². The molecular formula is C74H44N12O2Pt2. The molecule has 0 radical (unpaired) electrons. The van der Waals surface area contributed by atoms with Gasteiger partial charge in [-0.15, -0.1) is 71.4 Å². The van der Waals surface area contributed by atoms with Crippen molar-refractivity contribution in [3.05, 3.63) is 292 Å². The van der Waals surface area contributed by atoms with E-state index in [9.17, 15) is 0 Å². The minimum atomic E-state index is 0. The van der Waals surface area contributed by atoms with E-state index < -0.39 is 0 Å². The van der Waals surface area contributed by atoms with E-state index in [1.165, 1.54) is 0 Å². The van der Waals surface area contributed by atoms with Crippen molar-refractivity contribution in [1.82, 2.24) is 57.8 Å². The molecule has 0 saturated heterocycles. The van der Waals surface area contributed by atoms with Gasteiger partial charge in [0.15, 0.2) is 0 Å². The smallest absolute Gasteiger partial charge is 0.509 e. The topological polar surface area (TPSA) is 125 Å². The van der Waals surface area contributed by atoms with Gasteiger partial charge in [-0.25, -0.2) is 24.3 Å². The van der Waals surface area contributed by atoms with Crippen molar-refractivity contribution in [1.29, 1.82) is 0 Å². The Kier molecular flexibility index (Phi) is 14.3. The Morgan fingerprint density at radius 3 is 1.26 bits per heavy atom. The van der Waals surface area contributed by atoms with E-state index in [-0.39, 0.29) is 42.1 Å². The minimum absolute atomic E-state index is 0. The van der Waals surface area contributed by atoms with Gasteiger partial charge in [0, 0.05) is 92.5 Å². The first-order valence-electron chi connectivity index (χ1n) is 28.6. The fourth-order valence-electron chi connectivity index (χ4n) is 12.2. The third-order valence-electron chi connectivity index (χ3n) is 15.9. The van der Waals surface area contributed by atoms with Crippen LogP contribution in [-0.2, 0) is 42.1 Å². The SMILES string of the molecule is [Pt+2].[Pt+2].[c-]1c(Oc2[c-]c3c(cc2)c2ccccc2n3-c2ccccn2)cccc1-n1nccc1-n1c2ccccc2c2cccnc21.[c-]1c(Oc2[c-]c3c(cc2)c2ccccc2n3-c2ccccn2)cccc1-n1nccc1-n1c2ccccc2c2ccncc21. The number of fused-ring (bicyclic) bond motifs is 12. The number of pyridine rings is 4. The van der Waals surface area contributed by atoms with Crippen LogP contribution in [0.25, 0.3) is 122 Å². The molecule has 0 fully saturated rings. The van der Waals surface area contributed by atoms with E-state index in [2.05, 4.69) is 159 Å². The summed E-state index contributed by atoms with van der Waals surface area (Å²) in [5, 5.41) is 18.3. The maximum absolute atomic E-state index is 6.38. The fraction of sp³-hybridized carbons (Fsp3) is 0. The van der Waals surface area contributed by atoms with Crippen LogP contribution in [0.15, 0.2) is 268 Å². The van der Waals surface area contributed by atoms with Crippen LogP contribution in [0.5, 0.6) is 23.0 Å². The summed E-state index contributed by atoms with van der Waals surface area (Å²) in [4.78, 5) is 18.4. The Bertz CT molecular complexity index is 5230. The maximum atomic E-state index is 6.38. The standard InChI is InChI=1S/2C37H22N6O.2Pt/c1-3-14-32-28(11-1)30-18-17-27(24-34(30)41(32)35-16-5-6-20-38-35)44-26-10-7-9-25(23-26)43-36(19-22-40-43)42-33-15-4-2-12-29(33)31-13-8-21-39-37(31)42;1-3-12-32-28(10-1)30-16-15-27(23-34(30)41(32)36-14-5-6-19-39-36)44-26-9-7-8-25(22-26)43-37(18-21-40-43)42-33-13-4-2-11-29(33)31-17-20-38-24-35(31)42;;/h1-22H;1-21,24H;;/q2*-2;2*+2. The van der Waals surface area contributed by atoms with E-state index in [0.717, 1.165) is 122 Å². The fourth-order valence-corrected chi connectivity index (χ4v) is 12.2. The number of hydrogen-bond acceptors (Lipinski definition) is 8. The van der Waals surface area contributed by atoms with Crippen LogP contribution in [0.4, 0.5) is 0 Å². The summed E-state index contributed by atoms with van der Waals surface area (Å²) in [5.74, 6) is 5.67. The average molecular weight is 1520 g/mol. The zero-order valence-corrected chi connectivity index (χ0v) is 51.8. The molecular weight excluding hydrogens is 1480 g/mol. The van der Waals surface area contributed by atoms with Crippen molar-refractivity contribution in [2.24, 2.45) is 0 Å². The first-order chi connectivity index (χ1) is 43.7. The summed E-state index contributed by atoms with van der Waals surface area (Å²) in [6, 6.07) is 88.7. The largest absolute Gasteiger partial charge is 2.00 e. The van der Waals surface area contributed by atoms with Gasteiger partial charge >= 0.3 is 42.1 Å². The Morgan fingerprint density at radius 2 is 0.722 bits per heavy atom. The van der Waals surface area contributed by atoms with Gasteiger partial charge in [-0.3, -0.25) is 14.1 Å². The molecule has 0 aliphatic rings. The van der Waals surface area contributed by atoms with Gasteiger partial charge in [0.2, 0.25) is 0 Å². The molecule has 18 rings (SSSR count). The molecule has 0 spiro atoms. The van der Waals surface area contributed by atoms with Crippen LogP contribution < -0.4 is 9.47 Å². The van der Waals surface area contributed by atoms with E-state index in [1.54, 1.807) is 24.8 Å². The number of ether oxygens (including phenoxy) is 2. The molecule has 0 bridgehead atoms. The average Bonchev–Trinajstić information content (AvgIpc) is 1.67. The maximum Gasteiger partial charge on any atom is 2.00 e. The number of aromatic nitrogens is 12. The molecule has 90 heavy (non-hydrogen) atoms. The molecule has 14 nitrogen and oxygen atoms in total. The van der Waals surface area contributed by atoms with E-state index in [4.69, 9.17) is 14.5 Å². The number of rotatable bonds is 10. The Hall–Kier alpha value is -11.0. The van der Waals surface area contributed by atoms with Crippen LogP contribution >= 0.6 is 0 Å². The van der Waals surface area contributed by atoms with Crippen LogP contribution in [-0.4, -0.2) is 57.8 Å². The summed E-state index contributed by atoms with van der Waals surface area (Å²) in [5.41, 5.74) is 9.43. The second kappa shape index (κ2) is 23.2. The molecule has 10 heterocycles. The molecule has 0 aliphatic carbocycles. The van der Waals surface area contributed by atoms with Crippen LogP contribution in [0.3, 0.4) is 0 Å². The van der Waals surface area contributed by atoms with Crippen molar-refractivity contribution in [2.75, 3.05) is 0 Å². The van der Waals surface area contributed by atoms with Crippen LogP contribution in [0.1, 0.15) is 0 Å². The summed E-state index contributed by atoms with van der Waals surface area (Å²) in [6.45, 7) is 0. The molecule has 16 heteroatoms. The molecule has 10 aromatic heterocycles. The van der Waals surface area contributed by atoms with E-state index in [0.29, 0.717) is 23.0 Å². The predicted octanol–water partition coefficient (Wildman–Crippen LogP) is 16.5. The molecule has 0 saturated carbocycles. The Labute approximate surface area is 542 Å². The van der Waals surface area contributed by atoms with Crippen LogP contribution in [0.2, 0.25) is 0 Å². The van der Waals surface area contributed by atoms with Gasteiger partial charge in [-0.05, 0) is 88.9 Å². The first-order valence-corrected chi connectivity index (χ1v) is 28.6. The van der Waals surface area contributed by atoms with E-state index in [1.807, 2.05) is 161 Å². The summed E-state index contributed by atoms with van der Waals surface area (Å²) in [6.07, 6.45) is 12.7.